The summed E-state index contributed by atoms with van der Waals surface area (Å²) in [6, 6.07) is 5.62. The zero-order valence-electron chi connectivity index (χ0n) is 8.49. The fourth-order valence-electron chi connectivity index (χ4n) is 0.736. The van der Waals surface area contributed by atoms with Crippen molar-refractivity contribution in [2.24, 2.45) is 0 Å². The molecule has 0 unspecified atom stereocenters. The second kappa shape index (κ2) is 7.49. The van der Waals surface area contributed by atoms with Gasteiger partial charge in [-0.3, -0.25) is 9.59 Å². The van der Waals surface area contributed by atoms with E-state index in [1.165, 1.54) is 38.3 Å². The predicted octanol–water partition coefficient (Wildman–Crippen LogP) is 1.57. The Morgan fingerprint density at radius 1 is 1.40 bits per heavy atom. The highest BCUT2D eigenvalue weighted by atomic mass is 19.1. The minimum absolute atomic E-state index is 0.156. The minimum Gasteiger partial charge on any atom is -0.471 e. The number of hydrogen-bond donors (Lipinski definition) is 1. The summed E-state index contributed by atoms with van der Waals surface area (Å²) in [5, 5.41) is 2.53. The molecule has 0 aliphatic heterocycles. The van der Waals surface area contributed by atoms with Gasteiger partial charge < -0.3 is 10.1 Å². The smallest absolute Gasteiger partial charge is 0.292 e. The maximum atomic E-state index is 12.3. The number of amides is 1. The van der Waals surface area contributed by atoms with Crippen molar-refractivity contribution in [3.8, 4) is 0 Å². The van der Waals surface area contributed by atoms with Crippen LogP contribution < -0.4 is 5.32 Å². The summed E-state index contributed by atoms with van der Waals surface area (Å²) < 4.78 is 16.2. The van der Waals surface area contributed by atoms with Gasteiger partial charge in [0.15, 0.2) is 0 Å². The normalized spacial score (nSPS) is 8.20. The van der Waals surface area contributed by atoms with Crippen molar-refractivity contribution in [1.82, 2.24) is 0 Å². The van der Waals surface area contributed by atoms with Crippen LogP contribution in [-0.4, -0.2) is 19.5 Å². The molecule has 1 aromatic carbocycles. The van der Waals surface area contributed by atoms with Gasteiger partial charge in [0.25, 0.3) is 6.47 Å². The van der Waals surface area contributed by atoms with E-state index in [0.717, 1.165) is 0 Å². The molecule has 0 aliphatic carbocycles. The lowest BCUT2D eigenvalue weighted by molar-refractivity contribution is -0.126. The van der Waals surface area contributed by atoms with Gasteiger partial charge in [0.05, 0.1) is 7.11 Å². The average molecular weight is 213 g/mol. The van der Waals surface area contributed by atoms with Gasteiger partial charge in [-0.25, -0.2) is 4.39 Å². The topological polar surface area (TPSA) is 55.4 Å². The number of nitrogens with one attached hydrogen (secondary N) is 1. The van der Waals surface area contributed by atoms with Crippen LogP contribution in [0.4, 0.5) is 10.1 Å². The molecule has 1 aromatic rings. The second-order valence-electron chi connectivity index (χ2n) is 2.52. The summed E-state index contributed by atoms with van der Waals surface area (Å²) in [5.41, 5.74) is 0.610. The number of carbonyl (C=O) groups is 2. The van der Waals surface area contributed by atoms with Crippen LogP contribution in [0.2, 0.25) is 0 Å². The maximum absolute atomic E-state index is 12.3. The third kappa shape index (κ3) is 7.18. The van der Waals surface area contributed by atoms with E-state index >= 15 is 0 Å². The monoisotopic (exact) mass is 213 g/mol. The van der Waals surface area contributed by atoms with Gasteiger partial charge in [-0.05, 0) is 24.3 Å². The molecule has 0 radical (unpaired) electrons. The molecule has 0 aliphatic rings. The number of ether oxygens (including phenoxy) is 1. The summed E-state index contributed by atoms with van der Waals surface area (Å²) in [4.78, 5) is 19.4. The molecule has 1 amide bonds. The van der Waals surface area contributed by atoms with Crippen LogP contribution in [0.1, 0.15) is 6.92 Å². The lowest BCUT2D eigenvalue weighted by Crippen LogP contribution is -2.05. The van der Waals surface area contributed by atoms with Crippen molar-refractivity contribution in [2.75, 3.05) is 12.4 Å². The number of anilines is 1. The van der Waals surface area contributed by atoms with Crippen LogP contribution in [0.25, 0.3) is 0 Å². The quantitative estimate of drug-likeness (QED) is 0.759. The van der Waals surface area contributed by atoms with Crippen molar-refractivity contribution in [3.05, 3.63) is 30.1 Å². The number of halogens is 1. The lowest BCUT2D eigenvalue weighted by Gasteiger charge is -1.99. The molecule has 4 nitrogen and oxygen atoms in total. The molecule has 82 valence electrons. The van der Waals surface area contributed by atoms with Crippen LogP contribution in [0.15, 0.2) is 24.3 Å². The molecule has 0 aromatic heterocycles. The number of carbonyl (C=O) groups excluding carboxylic acids is 2. The molecule has 0 bridgehead atoms. The second-order valence-corrected chi connectivity index (χ2v) is 2.52. The largest absolute Gasteiger partial charge is 0.471 e. The van der Waals surface area contributed by atoms with Gasteiger partial charge in [-0.1, -0.05) is 0 Å². The Morgan fingerprint density at radius 2 is 1.87 bits per heavy atom. The summed E-state index contributed by atoms with van der Waals surface area (Å²) >= 11 is 0. The molecular weight excluding hydrogens is 201 g/mol. The summed E-state index contributed by atoms with van der Waals surface area (Å²) in [7, 11) is 1.31. The number of rotatable bonds is 2. The van der Waals surface area contributed by atoms with Crippen LogP contribution in [0.3, 0.4) is 0 Å². The van der Waals surface area contributed by atoms with E-state index in [2.05, 4.69) is 10.1 Å². The summed E-state index contributed by atoms with van der Waals surface area (Å²) in [6.45, 7) is 1.78. The van der Waals surface area contributed by atoms with E-state index in [4.69, 9.17) is 4.79 Å². The van der Waals surface area contributed by atoms with Crippen LogP contribution >= 0.6 is 0 Å². The fourth-order valence-corrected chi connectivity index (χ4v) is 0.736. The molecule has 1 rings (SSSR count). The van der Waals surface area contributed by atoms with Crippen LogP contribution in [-0.2, 0) is 14.3 Å². The highest BCUT2D eigenvalue weighted by Gasteiger charge is 1.93. The van der Waals surface area contributed by atoms with Crippen molar-refractivity contribution < 1.29 is 18.7 Å². The molecule has 0 atom stereocenters. The van der Waals surface area contributed by atoms with E-state index in [1.54, 1.807) is 0 Å². The van der Waals surface area contributed by atoms with Crippen molar-refractivity contribution in [1.29, 1.82) is 0 Å². The van der Waals surface area contributed by atoms with Gasteiger partial charge >= 0.3 is 0 Å². The Bertz CT molecular complexity index is 311. The van der Waals surface area contributed by atoms with Crippen LogP contribution in [0.5, 0.6) is 0 Å². The highest BCUT2D eigenvalue weighted by Crippen LogP contribution is 2.07. The van der Waals surface area contributed by atoms with Gasteiger partial charge in [0.2, 0.25) is 5.91 Å². The molecule has 1 N–H and O–H groups in total. The van der Waals surface area contributed by atoms with Gasteiger partial charge in [-0.2, -0.15) is 0 Å². The Kier molecular flexibility index (Phi) is 6.54. The van der Waals surface area contributed by atoms with E-state index in [-0.39, 0.29) is 11.7 Å². The molecule has 0 fully saturated rings. The maximum Gasteiger partial charge on any atom is 0.292 e. The first-order chi connectivity index (χ1) is 7.10. The molecule has 15 heavy (non-hydrogen) atoms. The Labute approximate surface area is 87.0 Å². The molecule has 5 heteroatoms. The van der Waals surface area contributed by atoms with Gasteiger partial charge in [0.1, 0.15) is 5.82 Å². The third-order valence-electron chi connectivity index (χ3n) is 1.26. The fraction of sp³-hybridized carbons (Fsp3) is 0.200. The molecule has 0 saturated heterocycles. The lowest BCUT2D eigenvalue weighted by atomic mass is 10.3. The number of methoxy groups -OCH3 is 1. The van der Waals surface area contributed by atoms with E-state index in [1.807, 2.05) is 0 Å². The molecule has 0 heterocycles. The summed E-state index contributed by atoms with van der Waals surface area (Å²) in [5.74, 6) is -0.462. The minimum atomic E-state index is -0.306. The molecular formula is C10H12FNO3. The van der Waals surface area contributed by atoms with Gasteiger partial charge in [0, 0.05) is 12.6 Å². The average Bonchev–Trinajstić information content (AvgIpc) is 2.21. The Hall–Kier alpha value is -1.91. The third-order valence-corrected chi connectivity index (χ3v) is 1.26. The van der Waals surface area contributed by atoms with Crippen LogP contribution in [0, 0.1) is 5.82 Å². The first-order valence-corrected chi connectivity index (χ1v) is 4.09. The van der Waals surface area contributed by atoms with Crippen molar-refractivity contribution >= 4 is 18.1 Å². The Morgan fingerprint density at radius 3 is 2.20 bits per heavy atom. The number of benzene rings is 1. The first kappa shape index (κ1) is 13.1. The van der Waals surface area contributed by atoms with E-state index in [0.29, 0.717) is 12.2 Å². The first-order valence-electron chi connectivity index (χ1n) is 4.09. The SMILES string of the molecule is CC(=O)Nc1ccc(F)cc1.COC=O. The Balaban J connectivity index is 0.000000423. The zero-order chi connectivity index (χ0) is 11.7. The van der Waals surface area contributed by atoms with E-state index in [9.17, 15) is 9.18 Å². The van der Waals surface area contributed by atoms with Crippen molar-refractivity contribution in [3.63, 3.8) is 0 Å². The van der Waals surface area contributed by atoms with Crippen molar-refractivity contribution in [2.45, 2.75) is 6.92 Å². The predicted molar refractivity (Wildman–Crippen MR) is 53.8 cm³/mol. The standard InChI is InChI=1S/C8H8FNO.C2H4O2/c1-6(11)10-8-4-2-7(9)3-5-8;1-4-2-3/h2-5H,1H3,(H,10,11);2H,1H3. The molecule has 0 saturated carbocycles. The summed E-state index contributed by atoms with van der Waals surface area (Å²) in [6.07, 6.45) is 0. The highest BCUT2D eigenvalue weighted by molar-refractivity contribution is 5.88. The van der Waals surface area contributed by atoms with Gasteiger partial charge in [-0.15, -0.1) is 0 Å². The van der Waals surface area contributed by atoms with E-state index < -0.39 is 0 Å². The number of hydrogen-bond acceptors (Lipinski definition) is 3. The zero-order valence-corrected chi connectivity index (χ0v) is 8.49. The molecule has 0 spiro atoms.